The molecule has 0 spiro atoms. The third-order valence-electron chi connectivity index (χ3n) is 3.22. The average Bonchev–Trinajstić information content (AvgIpc) is 2.50. The first-order valence-electron chi connectivity index (χ1n) is 6.61. The smallest absolute Gasteiger partial charge is 0.228 e. The highest BCUT2D eigenvalue weighted by molar-refractivity contribution is 6.33. The van der Waals surface area contributed by atoms with Crippen molar-refractivity contribution in [3.8, 4) is 0 Å². The number of carbonyl (C=O) groups excluding carboxylic acids is 1. The lowest BCUT2D eigenvalue weighted by Gasteiger charge is -2.08. The molecule has 21 heavy (non-hydrogen) atoms. The highest BCUT2D eigenvalue weighted by Gasteiger charge is 2.09. The van der Waals surface area contributed by atoms with Crippen LogP contribution in [0.3, 0.4) is 0 Å². The van der Waals surface area contributed by atoms with Gasteiger partial charge in [0.25, 0.3) is 0 Å². The normalized spacial score (nSPS) is 10.5. The number of nitrogens with one attached hydrogen (secondary N) is 1. The number of benzene rings is 2. The molecule has 3 aromatic rings. The predicted molar refractivity (Wildman–Crippen MR) is 85.5 cm³/mol. The van der Waals surface area contributed by atoms with Gasteiger partial charge < -0.3 is 5.32 Å². The zero-order valence-electron chi connectivity index (χ0n) is 11.2. The van der Waals surface area contributed by atoms with Crippen molar-refractivity contribution in [2.75, 3.05) is 5.32 Å². The number of halogens is 1. The van der Waals surface area contributed by atoms with Gasteiger partial charge in [-0.05, 0) is 23.8 Å². The second-order valence-corrected chi connectivity index (χ2v) is 5.10. The average molecular weight is 297 g/mol. The minimum Gasteiger partial charge on any atom is -0.324 e. The zero-order chi connectivity index (χ0) is 14.7. The lowest BCUT2D eigenvalue weighted by Crippen LogP contribution is -2.15. The summed E-state index contributed by atoms with van der Waals surface area (Å²) in [6, 6.07) is 16.9. The Balaban J connectivity index is 1.82. The van der Waals surface area contributed by atoms with Crippen molar-refractivity contribution in [3.63, 3.8) is 0 Å². The van der Waals surface area contributed by atoms with E-state index in [1.807, 2.05) is 42.5 Å². The second kappa shape index (κ2) is 5.94. The van der Waals surface area contributed by atoms with Crippen LogP contribution >= 0.6 is 11.6 Å². The number of amides is 1. The number of hydrogen-bond donors (Lipinski definition) is 1. The van der Waals surface area contributed by atoms with E-state index >= 15 is 0 Å². The number of pyridine rings is 1. The van der Waals surface area contributed by atoms with Gasteiger partial charge in [0, 0.05) is 11.6 Å². The van der Waals surface area contributed by atoms with Crippen molar-refractivity contribution in [3.05, 3.63) is 71.4 Å². The molecule has 3 rings (SSSR count). The Kier molecular flexibility index (Phi) is 3.84. The van der Waals surface area contributed by atoms with Crippen LogP contribution in [0.25, 0.3) is 10.9 Å². The molecule has 3 nitrogen and oxygen atoms in total. The monoisotopic (exact) mass is 296 g/mol. The van der Waals surface area contributed by atoms with Gasteiger partial charge in [0.15, 0.2) is 0 Å². The molecule has 0 unspecified atom stereocenters. The van der Waals surface area contributed by atoms with Crippen molar-refractivity contribution >= 4 is 34.1 Å². The van der Waals surface area contributed by atoms with Gasteiger partial charge in [-0.2, -0.15) is 0 Å². The standard InChI is InChI=1S/C17H13ClN2O/c18-14-8-1-2-9-15(14)20-16(21)11-13-6-3-5-12-7-4-10-19-17(12)13/h1-10H,11H2,(H,20,21). The van der Waals surface area contributed by atoms with E-state index in [1.165, 1.54) is 0 Å². The van der Waals surface area contributed by atoms with Gasteiger partial charge in [0.1, 0.15) is 0 Å². The van der Waals surface area contributed by atoms with E-state index in [9.17, 15) is 4.79 Å². The van der Waals surface area contributed by atoms with E-state index in [-0.39, 0.29) is 12.3 Å². The Morgan fingerprint density at radius 3 is 2.71 bits per heavy atom. The van der Waals surface area contributed by atoms with Gasteiger partial charge in [0.2, 0.25) is 5.91 Å². The summed E-state index contributed by atoms with van der Waals surface area (Å²) >= 11 is 6.04. The van der Waals surface area contributed by atoms with Gasteiger partial charge in [-0.15, -0.1) is 0 Å². The summed E-state index contributed by atoms with van der Waals surface area (Å²) in [5.74, 6) is -0.110. The van der Waals surface area contributed by atoms with Gasteiger partial charge in [-0.25, -0.2) is 0 Å². The SMILES string of the molecule is O=C(Cc1cccc2cccnc12)Nc1ccccc1Cl. The molecule has 0 atom stereocenters. The number of aromatic nitrogens is 1. The Hall–Kier alpha value is -2.39. The first-order chi connectivity index (χ1) is 10.2. The molecule has 0 radical (unpaired) electrons. The summed E-state index contributed by atoms with van der Waals surface area (Å²) in [5.41, 5.74) is 2.38. The van der Waals surface area contributed by atoms with Gasteiger partial charge in [-0.3, -0.25) is 9.78 Å². The van der Waals surface area contributed by atoms with Crippen molar-refractivity contribution in [2.45, 2.75) is 6.42 Å². The molecule has 1 N–H and O–H groups in total. The third-order valence-corrected chi connectivity index (χ3v) is 3.54. The topological polar surface area (TPSA) is 42.0 Å². The van der Waals surface area contributed by atoms with E-state index in [0.717, 1.165) is 16.5 Å². The highest BCUT2D eigenvalue weighted by atomic mass is 35.5. The number of hydrogen-bond acceptors (Lipinski definition) is 2. The van der Waals surface area contributed by atoms with Crippen LogP contribution in [0, 0.1) is 0 Å². The molecule has 2 aromatic carbocycles. The maximum atomic E-state index is 12.2. The molecule has 0 aliphatic carbocycles. The molecular formula is C17H13ClN2O. The lowest BCUT2D eigenvalue weighted by atomic mass is 10.1. The summed E-state index contributed by atoms with van der Waals surface area (Å²) in [6.45, 7) is 0. The summed E-state index contributed by atoms with van der Waals surface area (Å²) in [4.78, 5) is 16.5. The number of para-hydroxylation sites is 2. The van der Waals surface area contributed by atoms with Crippen LogP contribution in [0.2, 0.25) is 5.02 Å². The van der Waals surface area contributed by atoms with E-state index in [0.29, 0.717) is 10.7 Å². The van der Waals surface area contributed by atoms with Crippen molar-refractivity contribution in [1.82, 2.24) is 4.98 Å². The fraction of sp³-hybridized carbons (Fsp3) is 0.0588. The van der Waals surface area contributed by atoms with E-state index in [4.69, 9.17) is 11.6 Å². The van der Waals surface area contributed by atoms with Crippen LogP contribution < -0.4 is 5.32 Å². The minimum absolute atomic E-state index is 0.110. The maximum Gasteiger partial charge on any atom is 0.228 e. The van der Waals surface area contributed by atoms with Gasteiger partial charge >= 0.3 is 0 Å². The van der Waals surface area contributed by atoms with E-state index in [1.54, 1.807) is 18.3 Å². The largest absolute Gasteiger partial charge is 0.324 e. The van der Waals surface area contributed by atoms with Gasteiger partial charge in [0.05, 0.1) is 22.6 Å². The molecule has 0 aliphatic rings. The summed E-state index contributed by atoms with van der Waals surface area (Å²) in [7, 11) is 0. The van der Waals surface area contributed by atoms with Crippen LogP contribution in [0.1, 0.15) is 5.56 Å². The molecule has 0 aliphatic heterocycles. The lowest BCUT2D eigenvalue weighted by molar-refractivity contribution is -0.115. The molecule has 0 saturated heterocycles. The van der Waals surface area contributed by atoms with Crippen molar-refractivity contribution in [2.24, 2.45) is 0 Å². The van der Waals surface area contributed by atoms with Crippen molar-refractivity contribution in [1.29, 1.82) is 0 Å². The molecule has 0 bridgehead atoms. The molecular weight excluding hydrogens is 284 g/mol. The van der Waals surface area contributed by atoms with E-state index in [2.05, 4.69) is 10.3 Å². The number of rotatable bonds is 3. The van der Waals surface area contributed by atoms with Crippen molar-refractivity contribution < 1.29 is 4.79 Å². The number of fused-ring (bicyclic) bond motifs is 1. The molecule has 1 aromatic heterocycles. The number of anilines is 1. The van der Waals surface area contributed by atoms with E-state index < -0.39 is 0 Å². The zero-order valence-corrected chi connectivity index (χ0v) is 12.0. The van der Waals surface area contributed by atoms with Crippen LogP contribution in [-0.2, 0) is 11.2 Å². The fourth-order valence-corrected chi connectivity index (χ4v) is 2.42. The molecule has 4 heteroatoms. The van der Waals surface area contributed by atoms with Crippen LogP contribution in [0.4, 0.5) is 5.69 Å². The molecule has 104 valence electrons. The first kappa shape index (κ1) is 13.6. The Labute approximate surface area is 127 Å². The molecule has 0 saturated carbocycles. The van der Waals surface area contributed by atoms with Crippen LogP contribution in [-0.4, -0.2) is 10.9 Å². The Bertz CT molecular complexity index is 796. The van der Waals surface area contributed by atoms with Crippen LogP contribution in [0.15, 0.2) is 60.8 Å². The summed E-state index contributed by atoms with van der Waals surface area (Å²) in [6.07, 6.45) is 2.00. The second-order valence-electron chi connectivity index (χ2n) is 4.70. The number of carbonyl (C=O) groups is 1. The quantitative estimate of drug-likeness (QED) is 0.791. The minimum atomic E-state index is -0.110. The fourth-order valence-electron chi connectivity index (χ4n) is 2.24. The molecule has 1 amide bonds. The Morgan fingerprint density at radius 1 is 1.05 bits per heavy atom. The highest BCUT2D eigenvalue weighted by Crippen LogP contribution is 2.21. The first-order valence-corrected chi connectivity index (χ1v) is 6.99. The molecule has 1 heterocycles. The number of nitrogens with zero attached hydrogens (tertiary/aromatic N) is 1. The summed E-state index contributed by atoms with van der Waals surface area (Å²) < 4.78 is 0. The summed E-state index contributed by atoms with van der Waals surface area (Å²) in [5, 5.41) is 4.38. The predicted octanol–water partition coefficient (Wildman–Crippen LogP) is 4.07. The Morgan fingerprint density at radius 2 is 1.86 bits per heavy atom. The van der Waals surface area contributed by atoms with Crippen LogP contribution in [0.5, 0.6) is 0 Å². The maximum absolute atomic E-state index is 12.2. The third kappa shape index (κ3) is 3.03. The molecule has 0 fully saturated rings. The van der Waals surface area contributed by atoms with Gasteiger partial charge in [-0.1, -0.05) is 48.0 Å².